The van der Waals surface area contributed by atoms with E-state index in [1.165, 1.54) is 5.56 Å². The first kappa shape index (κ1) is 9.71. The standard InChI is InChI=1S/C11H13N3O/c1-2-7-3-5-8(6-4-7)9-10(12)14-11(15)13-9/h3-6,9H,2H2,1H3,(H3,12,13,14,15). The lowest BCUT2D eigenvalue weighted by Gasteiger charge is -2.10. The van der Waals surface area contributed by atoms with E-state index in [-0.39, 0.29) is 12.1 Å². The molecule has 0 radical (unpaired) electrons. The molecule has 1 atom stereocenters. The Hall–Kier alpha value is -1.84. The van der Waals surface area contributed by atoms with Crippen LogP contribution in [0.15, 0.2) is 29.3 Å². The van der Waals surface area contributed by atoms with Gasteiger partial charge in [-0.15, -0.1) is 0 Å². The summed E-state index contributed by atoms with van der Waals surface area (Å²) in [5.74, 6) is 0.337. The van der Waals surface area contributed by atoms with Crippen molar-refractivity contribution in [1.29, 1.82) is 0 Å². The number of carbonyl (C=O) groups is 1. The number of benzene rings is 1. The molecule has 1 aromatic carbocycles. The highest BCUT2D eigenvalue weighted by atomic mass is 16.2. The third-order valence-corrected chi connectivity index (χ3v) is 2.52. The predicted molar refractivity (Wildman–Crippen MR) is 58.7 cm³/mol. The number of carbonyl (C=O) groups excluding carboxylic acids is 1. The highest BCUT2D eigenvalue weighted by Crippen LogP contribution is 2.17. The van der Waals surface area contributed by atoms with Crippen LogP contribution in [0.2, 0.25) is 0 Å². The van der Waals surface area contributed by atoms with Crippen LogP contribution in [0.5, 0.6) is 0 Å². The molecule has 0 saturated heterocycles. The van der Waals surface area contributed by atoms with Crippen molar-refractivity contribution in [2.75, 3.05) is 0 Å². The minimum Gasteiger partial charge on any atom is -0.385 e. The van der Waals surface area contributed by atoms with E-state index in [0.717, 1.165) is 12.0 Å². The number of amides is 2. The van der Waals surface area contributed by atoms with Crippen LogP contribution in [0.25, 0.3) is 0 Å². The van der Waals surface area contributed by atoms with Crippen molar-refractivity contribution in [3.8, 4) is 0 Å². The average molecular weight is 203 g/mol. The molecule has 15 heavy (non-hydrogen) atoms. The number of hydrogen-bond acceptors (Lipinski definition) is 2. The van der Waals surface area contributed by atoms with Gasteiger partial charge in [0.25, 0.3) is 0 Å². The van der Waals surface area contributed by atoms with Crippen molar-refractivity contribution >= 4 is 11.9 Å². The Morgan fingerprint density at radius 1 is 1.40 bits per heavy atom. The van der Waals surface area contributed by atoms with Crippen molar-refractivity contribution in [2.24, 2.45) is 10.7 Å². The van der Waals surface area contributed by atoms with Crippen molar-refractivity contribution in [1.82, 2.24) is 5.32 Å². The molecule has 0 aliphatic carbocycles. The fraction of sp³-hybridized carbons (Fsp3) is 0.273. The van der Waals surface area contributed by atoms with Crippen molar-refractivity contribution in [3.63, 3.8) is 0 Å². The molecule has 2 rings (SSSR count). The minimum atomic E-state index is -0.364. The lowest BCUT2D eigenvalue weighted by atomic mass is 10.0. The van der Waals surface area contributed by atoms with E-state index in [0.29, 0.717) is 5.84 Å². The summed E-state index contributed by atoms with van der Waals surface area (Å²) in [4.78, 5) is 14.6. The predicted octanol–water partition coefficient (Wildman–Crippen LogP) is 1.37. The molecule has 0 saturated carbocycles. The molecule has 2 amide bonds. The van der Waals surface area contributed by atoms with Gasteiger partial charge in [0.15, 0.2) is 0 Å². The summed E-state index contributed by atoms with van der Waals surface area (Å²) in [5, 5.41) is 2.69. The summed E-state index contributed by atoms with van der Waals surface area (Å²) in [5.41, 5.74) is 7.87. The van der Waals surface area contributed by atoms with Gasteiger partial charge in [0.05, 0.1) is 0 Å². The van der Waals surface area contributed by atoms with Crippen LogP contribution in [-0.4, -0.2) is 11.9 Å². The molecule has 78 valence electrons. The zero-order valence-electron chi connectivity index (χ0n) is 8.53. The van der Waals surface area contributed by atoms with Crippen molar-refractivity contribution in [3.05, 3.63) is 35.4 Å². The van der Waals surface area contributed by atoms with Gasteiger partial charge in [-0.1, -0.05) is 31.2 Å². The lowest BCUT2D eigenvalue weighted by molar-refractivity contribution is 0.250. The first-order chi connectivity index (χ1) is 7.20. The first-order valence-corrected chi connectivity index (χ1v) is 4.94. The van der Waals surface area contributed by atoms with Crippen LogP contribution >= 0.6 is 0 Å². The summed E-state index contributed by atoms with van der Waals surface area (Å²) < 4.78 is 0. The number of hydrogen-bond donors (Lipinski definition) is 2. The number of nitrogens with two attached hydrogens (primary N) is 1. The first-order valence-electron chi connectivity index (χ1n) is 4.94. The number of rotatable bonds is 2. The maximum atomic E-state index is 11.0. The molecular weight excluding hydrogens is 190 g/mol. The number of nitrogens with zero attached hydrogens (tertiary/aromatic N) is 1. The Balaban J connectivity index is 2.24. The normalized spacial score (nSPS) is 19.9. The number of nitrogens with one attached hydrogen (secondary N) is 1. The zero-order chi connectivity index (χ0) is 10.8. The molecule has 1 unspecified atom stereocenters. The van der Waals surface area contributed by atoms with Gasteiger partial charge in [-0.3, -0.25) is 0 Å². The molecule has 3 N–H and O–H groups in total. The Labute approximate surface area is 88.2 Å². The molecule has 0 spiro atoms. The van der Waals surface area contributed by atoms with E-state index >= 15 is 0 Å². The van der Waals surface area contributed by atoms with Crippen LogP contribution in [0.1, 0.15) is 24.1 Å². The highest BCUT2D eigenvalue weighted by Gasteiger charge is 2.24. The molecule has 0 fully saturated rings. The second kappa shape index (κ2) is 3.73. The lowest BCUT2D eigenvalue weighted by Crippen LogP contribution is -2.27. The van der Waals surface area contributed by atoms with Crippen LogP contribution in [0, 0.1) is 0 Å². The van der Waals surface area contributed by atoms with E-state index in [4.69, 9.17) is 5.73 Å². The van der Waals surface area contributed by atoms with Crippen molar-refractivity contribution in [2.45, 2.75) is 19.4 Å². The largest absolute Gasteiger partial charge is 0.385 e. The zero-order valence-corrected chi connectivity index (χ0v) is 8.53. The second-order valence-electron chi connectivity index (χ2n) is 3.51. The molecule has 0 aromatic heterocycles. The summed E-state index contributed by atoms with van der Waals surface area (Å²) in [7, 11) is 0. The SMILES string of the molecule is CCc1ccc(C2NC(=O)N=C2N)cc1. The molecule has 1 heterocycles. The van der Waals surface area contributed by atoms with E-state index in [1.54, 1.807) is 0 Å². The Morgan fingerprint density at radius 2 is 2.07 bits per heavy atom. The van der Waals surface area contributed by atoms with Gasteiger partial charge < -0.3 is 11.1 Å². The summed E-state index contributed by atoms with van der Waals surface area (Å²) in [6.45, 7) is 2.10. The molecule has 1 aromatic rings. The second-order valence-corrected chi connectivity index (χ2v) is 3.51. The van der Waals surface area contributed by atoms with Gasteiger partial charge >= 0.3 is 6.03 Å². The number of aliphatic imine (C=N–C) groups is 1. The number of aryl methyl sites for hydroxylation is 1. The van der Waals surface area contributed by atoms with E-state index in [9.17, 15) is 4.79 Å². The van der Waals surface area contributed by atoms with Crippen LogP contribution in [-0.2, 0) is 6.42 Å². The van der Waals surface area contributed by atoms with Crippen LogP contribution < -0.4 is 11.1 Å². The average Bonchev–Trinajstić information content (AvgIpc) is 2.58. The molecule has 0 bridgehead atoms. The molecule has 4 nitrogen and oxygen atoms in total. The monoisotopic (exact) mass is 203 g/mol. The molecular formula is C11H13N3O. The number of urea groups is 1. The third-order valence-electron chi connectivity index (χ3n) is 2.52. The maximum absolute atomic E-state index is 11.0. The molecule has 4 heteroatoms. The minimum absolute atomic E-state index is 0.261. The Kier molecular flexibility index (Phi) is 2.41. The Morgan fingerprint density at radius 3 is 2.53 bits per heavy atom. The van der Waals surface area contributed by atoms with Gasteiger partial charge in [-0.05, 0) is 17.5 Å². The maximum Gasteiger partial charge on any atom is 0.343 e. The van der Waals surface area contributed by atoms with Gasteiger partial charge in [0.1, 0.15) is 11.9 Å². The summed E-state index contributed by atoms with van der Waals surface area (Å²) in [6, 6.07) is 7.38. The Bertz CT molecular complexity index is 408. The summed E-state index contributed by atoms with van der Waals surface area (Å²) in [6.07, 6.45) is 1.00. The van der Waals surface area contributed by atoms with Crippen LogP contribution in [0.4, 0.5) is 4.79 Å². The third kappa shape index (κ3) is 1.83. The highest BCUT2D eigenvalue weighted by molar-refractivity contribution is 6.03. The fourth-order valence-electron chi connectivity index (χ4n) is 1.61. The number of amidine groups is 1. The van der Waals surface area contributed by atoms with Gasteiger partial charge in [0, 0.05) is 0 Å². The van der Waals surface area contributed by atoms with Gasteiger partial charge in [-0.25, -0.2) is 4.79 Å². The molecule has 1 aliphatic heterocycles. The smallest absolute Gasteiger partial charge is 0.343 e. The van der Waals surface area contributed by atoms with E-state index in [1.807, 2.05) is 24.3 Å². The van der Waals surface area contributed by atoms with E-state index < -0.39 is 0 Å². The van der Waals surface area contributed by atoms with Crippen LogP contribution in [0.3, 0.4) is 0 Å². The fourth-order valence-corrected chi connectivity index (χ4v) is 1.61. The molecule has 1 aliphatic rings. The summed E-state index contributed by atoms with van der Waals surface area (Å²) >= 11 is 0. The quantitative estimate of drug-likeness (QED) is 0.762. The topological polar surface area (TPSA) is 67.5 Å². The van der Waals surface area contributed by atoms with Crippen molar-refractivity contribution < 1.29 is 4.79 Å². The van der Waals surface area contributed by atoms with E-state index in [2.05, 4.69) is 17.2 Å². The van der Waals surface area contributed by atoms with Gasteiger partial charge in [0.2, 0.25) is 0 Å². The van der Waals surface area contributed by atoms with Gasteiger partial charge in [-0.2, -0.15) is 4.99 Å².